The lowest BCUT2D eigenvalue weighted by molar-refractivity contribution is -0.142. The first-order valence-electron chi connectivity index (χ1n) is 7.22. The second-order valence-electron chi connectivity index (χ2n) is 5.22. The molecule has 1 aromatic rings. The molecule has 0 aliphatic rings. The summed E-state index contributed by atoms with van der Waals surface area (Å²) in [4.78, 5) is 28.3. The highest BCUT2D eigenvalue weighted by molar-refractivity contribution is 5.77. The van der Waals surface area contributed by atoms with Crippen LogP contribution in [0.15, 0.2) is 4.52 Å². The van der Waals surface area contributed by atoms with Gasteiger partial charge in [0.2, 0.25) is 11.8 Å². The summed E-state index contributed by atoms with van der Waals surface area (Å²) in [5, 5.41) is 12.7. The number of amides is 1. The van der Waals surface area contributed by atoms with Crippen LogP contribution in [0.2, 0.25) is 0 Å². The number of rotatable bonds is 9. The van der Waals surface area contributed by atoms with Gasteiger partial charge in [0.25, 0.3) is 0 Å². The predicted octanol–water partition coefficient (Wildman–Crippen LogP) is 1.52. The van der Waals surface area contributed by atoms with E-state index in [1.54, 1.807) is 14.0 Å². The maximum absolute atomic E-state index is 11.9. The molecule has 0 saturated carbocycles. The Morgan fingerprint density at radius 2 is 2.10 bits per heavy atom. The zero-order valence-electron chi connectivity index (χ0n) is 12.8. The lowest BCUT2D eigenvalue weighted by Gasteiger charge is -2.19. The van der Waals surface area contributed by atoms with Crippen LogP contribution in [0.25, 0.3) is 0 Å². The largest absolute Gasteiger partial charge is 0.481 e. The minimum Gasteiger partial charge on any atom is -0.481 e. The fraction of sp³-hybridized carbons (Fsp3) is 0.714. The van der Waals surface area contributed by atoms with E-state index in [1.807, 2.05) is 6.92 Å². The van der Waals surface area contributed by atoms with Gasteiger partial charge >= 0.3 is 5.97 Å². The van der Waals surface area contributed by atoms with Crippen molar-refractivity contribution in [3.63, 3.8) is 0 Å². The molecule has 21 heavy (non-hydrogen) atoms. The van der Waals surface area contributed by atoms with E-state index in [1.165, 1.54) is 4.90 Å². The molecule has 1 N–H and O–H groups in total. The molecule has 0 saturated heterocycles. The second kappa shape index (κ2) is 8.39. The molecule has 0 spiro atoms. The topological polar surface area (TPSA) is 96.5 Å². The van der Waals surface area contributed by atoms with Gasteiger partial charge in [-0.25, -0.2) is 0 Å². The Labute approximate surface area is 124 Å². The Hall–Kier alpha value is -1.92. The van der Waals surface area contributed by atoms with Crippen molar-refractivity contribution in [1.29, 1.82) is 0 Å². The van der Waals surface area contributed by atoms with Gasteiger partial charge in [-0.15, -0.1) is 0 Å². The van der Waals surface area contributed by atoms with Crippen molar-refractivity contribution < 1.29 is 19.2 Å². The normalized spacial score (nSPS) is 12.1. The van der Waals surface area contributed by atoms with Crippen molar-refractivity contribution in [1.82, 2.24) is 15.0 Å². The van der Waals surface area contributed by atoms with Crippen LogP contribution in [-0.2, 0) is 22.4 Å². The number of hydrogen-bond donors (Lipinski definition) is 1. The summed E-state index contributed by atoms with van der Waals surface area (Å²) in [6.45, 7) is 3.85. The molecular weight excluding hydrogens is 274 g/mol. The number of aliphatic carboxylic acids is 1. The van der Waals surface area contributed by atoms with E-state index < -0.39 is 11.9 Å². The van der Waals surface area contributed by atoms with Crippen LogP contribution < -0.4 is 0 Å². The lowest BCUT2D eigenvalue weighted by atomic mass is 10.1. The monoisotopic (exact) mass is 297 g/mol. The molecule has 1 amide bonds. The van der Waals surface area contributed by atoms with E-state index in [-0.39, 0.29) is 12.5 Å². The van der Waals surface area contributed by atoms with Gasteiger partial charge in [-0.1, -0.05) is 19.0 Å². The van der Waals surface area contributed by atoms with Crippen molar-refractivity contribution in [3.05, 3.63) is 11.7 Å². The maximum atomic E-state index is 11.9. The van der Waals surface area contributed by atoms with Gasteiger partial charge < -0.3 is 14.5 Å². The average Bonchev–Trinajstić information content (AvgIpc) is 2.86. The predicted molar refractivity (Wildman–Crippen MR) is 75.7 cm³/mol. The minimum atomic E-state index is -0.899. The zero-order chi connectivity index (χ0) is 15.8. The van der Waals surface area contributed by atoms with E-state index in [0.717, 1.165) is 12.8 Å². The molecule has 0 aromatic carbocycles. The summed E-state index contributed by atoms with van der Waals surface area (Å²) in [6.07, 6.45) is 3.26. The molecular formula is C14H23N3O4. The molecule has 1 unspecified atom stereocenters. The van der Waals surface area contributed by atoms with Gasteiger partial charge in [0, 0.05) is 32.9 Å². The summed E-state index contributed by atoms with van der Waals surface area (Å²) >= 11 is 0. The standard InChI is InChI=1S/C14H23N3O4/c1-4-6-11-15-12(21-16-11)7-5-8-13(18)17(3)9-10(2)14(19)20/h10H,4-9H2,1-3H3,(H,19,20). The number of aryl methyl sites for hydroxylation is 2. The summed E-state index contributed by atoms with van der Waals surface area (Å²) in [5.41, 5.74) is 0. The highest BCUT2D eigenvalue weighted by atomic mass is 16.5. The Bertz CT molecular complexity index is 473. The fourth-order valence-electron chi connectivity index (χ4n) is 1.89. The van der Waals surface area contributed by atoms with Crippen LogP contribution in [-0.4, -0.2) is 45.6 Å². The molecule has 0 bridgehead atoms. The van der Waals surface area contributed by atoms with Crippen molar-refractivity contribution in [2.75, 3.05) is 13.6 Å². The van der Waals surface area contributed by atoms with Crippen LogP contribution in [0, 0.1) is 5.92 Å². The highest BCUT2D eigenvalue weighted by Crippen LogP contribution is 2.07. The van der Waals surface area contributed by atoms with Crippen molar-refractivity contribution in [3.8, 4) is 0 Å². The molecule has 0 fully saturated rings. The summed E-state index contributed by atoms with van der Waals surface area (Å²) < 4.78 is 5.09. The number of nitrogens with zero attached hydrogens (tertiary/aromatic N) is 3. The van der Waals surface area contributed by atoms with E-state index >= 15 is 0 Å². The van der Waals surface area contributed by atoms with Gasteiger partial charge in [-0.05, 0) is 12.8 Å². The second-order valence-corrected chi connectivity index (χ2v) is 5.22. The third-order valence-electron chi connectivity index (χ3n) is 3.16. The third-order valence-corrected chi connectivity index (χ3v) is 3.16. The van der Waals surface area contributed by atoms with Crippen molar-refractivity contribution in [2.45, 2.75) is 46.0 Å². The quantitative estimate of drug-likeness (QED) is 0.742. The Morgan fingerprint density at radius 3 is 2.71 bits per heavy atom. The van der Waals surface area contributed by atoms with E-state index in [4.69, 9.17) is 9.63 Å². The first-order valence-corrected chi connectivity index (χ1v) is 7.22. The van der Waals surface area contributed by atoms with Gasteiger partial charge in [-0.3, -0.25) is 9.59 Å². The SMILES string of the molecule is CCCc1noc(CCCC(=O)N(C)CC(C)C(=O)O)n1. The van der Waals surface area contributed by atoms with E-state index in [9.17, 15) is 9.59 Å². The number of carboxylic acids is 1. The van der Waals surface area contributed by atoms with Gasteiger partial charge in [0.1, 0.15) is 0 Å². The van der Waals surface area contributed by atoms with Gasteiger partial charge in [-0.2, -0.15) is 4.98 Å². The van der Waals surface area contributed by atoms with E-state index in [2.05, 4.69) is 10.1 Å². The molecule has 1 aromatic heterocycles. The average molecular weight is 297 g/mol. The minimum absolute atomic E-state index is 0.0728. The van der Waals surface area contributed by atoms with Crippen LogP contribution in [0.4, 0.5) is 0 Å². The molecule has 7 nitrogen and oxygen atoms in total. The Morgan fingerprint density at radius 1 is 1.38 bits per heavy atom. The summed E-state index contributed by atoms with van der Waals surface area (Å²) in [5.74, 6) is -0.286. The Balaban J connectivity index is 2.30. The van der Waals surface area contributed by atoms with Crippen LogP contribution >= 0.6 is 0 Å². The van der Waals surface area contributed by atoms with Crippen LogP contribution in [0.5, 0.6) is 0 Å². The lowest BCUT2D eigenvalue weighted by Crippen LogP contribution is -2.33. The Kier molecular flexibility index (Phi) is 6.84. The molecule has 118 valence electrons. The first-order chi connectivity index (χ1) is 9.93. The van der Waals surface area contributed by atoms with Crippen molar-refractivity contribution >= 4 is 11.9 Å². The molecule has 0 aliphatic heterocycles. The van der Waals surface area contributed by atoms with Gasteiger partial charge in [0.05, 0.1) is 5.92 Å². The summed E-state index contributed by atoms with van der Waals surface area (Å²) in [7, 11) is 1.62. The zero-order valence-corrected chi connectivity index (χ0v) is 12.8. The number of hydrogen-bond acceptors (Lipinski definition) is 5. The number of carboxylic acid groups (broad SMARTS) is 1. The molecule has 1 heterocycles. The molecule has 1 rings (SSSR count). The fourth-order valence-corrected chi connectivity index (χ4v) is 1.89. The summed E-state index contributed by atoms with van der Waals surface area (Å²) in [6, 6.07) is 0. The van der Waals surface area contributed by atoms with Crippen LogP contribution in [0.3, 0.4) is 0 Å². The van der Waals surface area contributed by atoms with E-state index in [0.29, 0.717) is 31.0 Å². The number of carbonyl (C=O) groups is 2. The number of carbonyl (C=O) groups excluding carboxylic acids is 1. The first kappa shape index (κ1) is 17.1. The molecule has 1 atom stereocenters. The highest BCUT2D eigenvalue weighted by Gasteiger charge is 2.17. The maximum Gasteiger partial charge on any atom is 0.308 e. The molecule has 7 heteroatoms. The van der Waals surface area contributed by atoms with Crippen LogP contribution in [0.1, 0.15) is 44.8 Å². The van der Waals surface area contributed by atoms with Gasteiger partial charge in [0.15, 0.2) is 5.82 Å². The number of aromatic nitrogens is 2. The molecule has 0 aliphatic carbocycles. The van der Waals surface area contributed by atoms with Crippen molar-refractivity contribution in [2.24, 2.45) is 5.92 Å². The smallest absolute Gasteiger partial charge is 0.308 e. The molecule has 0 radical (unpaired) electrons. The third kappa shape index (κ3) is 5.93.